The lowest BCUT2D eigenvalue weighted by atomic mass is 10.2. The maximum absolute atomic E-state index is 11.2. The largest absolute Gasteiger partial charge is 0.486 e. The molecule has 0 unspecified atom stereocenters. The lowest BCUT2D eigenvalue weighted by Gasteiger charge is -2.10. The first-order valence-corrected chi connectivity index (χ1v) is 7.91. The highest BCUT2D eigenvalue weighted by molar-refractivity contribution is 9.11. The Labute approximate surface area is 139 Å². The molecule has 1 aromatic carbocycles. The Balaban J connectivity index is 2.17. The number of esters is 1. The Morgan fingerprint density at radius 1 is 1.38 bits per heavy atom. The third-order valence-electron chi connectivity index (χ3n) is 2.61. The van der Waals surface area contributed by atoms with E-state index in [1.165, 1.54) is 6.08 Å². The number of halogens is 2. The number of fused-ring (bicyclic) bond motifs is 1. The number of ether oxygens (including phenoxy) is 2. The summed E-state index contributed by atoms with van der Waals surface area (Å²) >= 11 is 6.96. The standard InChI is InChI=1S/C15H13Br2NO3/c1-2-20-13(19)6-4-8-21-15-12(17)9-11(16)10-5-3-7-18-14(10)15/h3-7,9H,2,8H2,1H3/b6-4+. The minimum absolute atomic E-state index is 0.255. The Hall–Kier alpha value is -1.40. The quantitative estimate of drug-likeness (QED) is 0.541. The van der Waals surface area contributed by atoms with Gasteiger partial charge in [0.05, 0.1) is 11.1 Å². The molecule has 0 aliphatic rings. The molecule has 4 nitrogen and oxygen atoms in total. The van der Waals surface area contributed by atoms with Crippen molar-refractivity contribution in [2.45, 2.75) is 6.92 Å². The van der Waals surface area contributed by atoms with Gasteiger partial charge < -0.3 is 9.47 Å². The summed E-state index contributed by atoms with van der Waals surface area (Å²) in [6, 6.07) is 5.74. The van der Waals surface area contributed by atoms with Crippen LogP contribution in [0, 0.1) is 0 Å². The highest BCUT2D eigenvalue weighted by Gasteiger charge is 2.11. The zero-order chi connectivity index (χ0) is 15.2. The minimum Gasteiger partial charge on any atom is -0.486 e. The third-order valence-corrected chi connectivity index (χ3v) is 3.86. The van der Waals surface area contributed by atoms with Crippen molar-refractivity contribution in [2.75, 3.05) is 13.2 Å². The molecule has 0 amide bonds. The number of hydrogen-bond donors (Lipinski definition) is 0. The molecule has 2 rings (SSSR count). The van der Waals surface area contributed by atoms with Crippen molar-refractivity contribution in [1.29, 1.82) is 0 Å². The fraction of sp³-hybridized carbons (Fsp3) is 0.200. The number of carbonyl (C=O) groups is 1. The smallest absolute Gasteiger partial charge is 0.330 e. The molecule has 0 saturated carbocycles. The molecule has 0 N–H and O–H groups in total. The molecule has 1 aromatic heterocycles. The molecule has 1 heterocycles. The van der Waals surface area contributed by atoms with Crippen molar-refractivity contribution in [3.8, 4) is 5.75 Å². The Kier molecular flexibility index (Phi) is 5.76. The van der Waals surface area contributed by atoms with E-state index in [2.05, 4.69) is 36.8 Å². The van der Waals surface area contributed by atoms with Gasteiger partial charge >= 0.3 is 5.97 Å². The molecule has 21 heavy (non-hydrogen) atoms. The second-order valence-corrected chi connectivity index (χ2v) is 5.74. The van der Waals surface area contributed by atoms with Crippen LogP contribution in [-0.4, -0.2) is 24.2 Å². The van der Waals surface area contributed by atoms with Crippen LogP contribution in [-0.2, 0) is 9.53 Å². The van der Waals surface area contributed by atoms with Crippen LogP contribution in [0.2, 0.25) is 0 Å². The Morgan fingerprint density at radius 3 is 2.95 bits per heavy atom. The highest BCUT2D eigenvalue weighted by atomic mass is 79.9. The number of rotatable bonds is 5. The summed E-state index contributed by atoms with van der Waals surface area (Å²) in [5.41, 5.74) is 0.753. The molecule has 0 aliphatic heterocycles. The molecule has 2 aromatic rings. The van der Waals surface area contributed by atoms with Gasteiger partial charge in [-0.05, 0) is 41.1 Å². The second-order valence-electron chi connectivity index (χ2n) is 4.03. The fourth-order valence-corrected chi connectivity index (χ4v) is 3.14. The van der Waals surface area contributed by atoms with Gasteiger partial charge in [0.15, 0.2) is 5.75 Å². The van der Waals surface area contributed by atoms with Gasteiger partial charge in [0.1, 0.15) is 12.1 Å². The van der Waals surface area contributed by atoms with E-state index in [9.17, 15) is 4.79 Å². The zero-order valence-electron chi connectivity index (χ0n) is 11.3. The van der Waals surface area contributed by atoms with Gasteiger partial charge in [0.2, 0.25) is 0 Å². The lowest BCUT2D eigenvalue weighted by molar-refractivity contribution is -0.137. The summed E-state index contributed by atoms with van der Waals surface area (Å²) in [5.74, 6) is 0.265. The molecule has 0 bridgehead atoms. The number of carbonyl (C=O) groups excluding carboxylic acids is 1. The number of aromatic nitrogens is 1. The van der Waals surface area contributed by atoms with E-state index < -0.39 is 0 Å². The summed E-state index contributed by atoms with van der Waals surface area (Å²) in [7, 11) is 0. The predicted octanol–water partition coefficient (Wildman–Crippen LogP) is 4.26. The molecular weight excluding hydrogens is 402 g/mol. The summed E-state index contributed by atoms with van der Waals surface area (Å²) in [6.07, 6.45) is 4.68. The first kappa shape index (κ1) is 16.0. The number of benzene rings is 1. The average molecular weight is 415 g/mol. The lowest BCUT2D eigenvalue weighted by Crippen LogP contribution is -2.01. The van der Waals surface area contributed by atoms with E-state index in [0.29, 0.717) is 12.4 Å². The van der Waals surface area contributed by atoms with Crippen molar-refractivity contribution < 1.29 is 14.3 Å². The molecule has 0 atom stereocenters. The first-order chi connectivity index (χ1) is 10.1. The second kappa shape index (κ2) is 7.56. The van der Waals surface area contributed by atoms with Gasteiger partial charge in [0, 0.05) is 22.1 Å². The van der Waals surface area contributed by atoms with E-state index in [-0.39, 0.29) is 12.6 Å². The van der Waals surface area contributed by atoms with Crippen molar-refractivity contribution in [3.63, 3.8) is 0 Å². The summed E-state index contributed by atoms with van der Waals surface area (Å²) in [6.45, 7) is 2.38. The number of pyridine rings is 1. The predicted molar refractivity (Wildman–Crippen MR) is 88.4 cm³/mol. The normalized spacial score (nSPS) is 11.0. The summed E-state index contributed by atoms with van der Waals surface area (Å²) in [4.78, 5) is 15.5. The summed E-state index contributed by atoms with van der Waals surface area (Å²) in [5, 5.41) is 0.963. The van der Waals surface area contributed by atoms with E-state index in [1.54, 1.807) is 19.2 Å². The first-order valence-electron chi connectivity index (χ1n) is 6.32. The van der Waals surface area contributed by atoms with Crippen LogP contribution in [0.1, 0.15) is 6.92 Å². The van der Waals surface area contributed by atoms with Gasteiger partial charge in [-0.15, -0.1) is 0 Å². The molecular formula is C15H13Br2NO3. The SMILES string of the molecule is CCOC(=O)/C=C/COc1c(Br)cc(Br)c2cccnc12. The topological polar surface area (TPSA) is 48.4 Å². The molecule has 6 heteroatoms. The molecule has 0 aliphatic carbocycles. The average Bonchev–Trinajstić information content (AvgIpc) is 2.46. The van der Waals surface area contributed by atoms with Gasteiger partial charge in [-0.3, -0.25) is 4.98 Å². The van der Waals surface area contributed by atoms with Crippen LogP contribution in [0.3, 0.4) is 0 Å². The van der Waals surface area contributed by atoms with Gasteiger partial charge in [-0.25, -0.2) is 4.79 Å². The van der Waals surface area contributed by atoms with Crippen molar-refractivity contribution in [3.05, 3.63) is 45.5 Å². The van der Waals surface area contributed by atoms with Crippen molar-refractivity contribution in [2.24, 2.45) is 0 Å². The van der Waals surface area contributed by atoms with Crippen LogP contribution in [0.5, 0.6) is 5.75 Å². The Morgan fingerprint density at radius 2 is 2.19 bits per heavy atom. The Bertz CT molecular complexity index is 686. The number of hydrogen-bond acceptors (Lipinski definition) is 4. The monoisotopic (exact) mass is 413 g/mol. The minimum atomic E-state index is -0.376. The van der Waals surface area contributed by atoms with E-state index >= 15 is 0 Å². The number of nitrogens with zero attached hydrogens (tertiary/aromatic N) is 1. The fourth-order valence-electron chi connectivity index (χ4n) is 1.75. The third kappa shape index (κ3) is 4.04. The van der Waals surface area contributed by atoms with Gasteiger partial charge in [0.25, 0.3) is 0 Å². The van der Waals surface area contributed by atoms with Crippen molar-refractivity contribution in [1.82, 2.24) is 4.98 Å². The summed E-state index contributed by atoms with van der Waals surface area (Å²) < 4.78 is 12.2. The van der Waals surface area contributed by atoms with E-state index in [1.807, 2.05) is 18.2 Å². The maximum Gasteiger partial charge on any atom is 0.330 e. The molecule has 0 fully saturated rings. The molecule has 0 spiro atoms. The van der Waals surface area contributed by atoms with Crippen LogP contribution in [0.4, 0.5) is 0 Å². The van der Waals surface area contributed by atoms with E-state index in [0.717, 1.165) is 19.8 Å². The zero-order valence-corrected chi connectivity index (χ0v) is 14.5. The van der Waals surface area contributed by atoms with Crippen LogP contribution in [0.25, 0.3) is 10.9 Å². The van der Waals surface area contributed by atoms with Gasteiger partial charge in [-0.2, -0.15) is 0 Å². The maximum atomic E-state index is 11.2. The highest BCUT2D eigenvalue weighted by Crippen LogP contribution is 2.37. The molecule has 0 saturated heterocycles. The van der Waals surface area contributed by atoms with E-state index in [4.69, 9.17) is 9.47 Å². The van der Waals surface area contributed by atoms with Crippen molar-refractivity contribution >= 4 is 48.7 Å². The van der Waals surface area contributed by atoms with Crippen LogP contribution < -0.4 is 4.74 Å². The van der Waals surface area contributed by atoms with Crippen LogP contribution >= 0.6 is 31.9 Å². The molecule has 110 valence electrons. The van der Waals surface area contributed by atoms with Crippen LogP contribution in [0.15, 0.2) is 45.5 Å². The molecule has 0 radical (unpaired) electrons. The van der Waals surface area contributed by atoms with Gasteiger partial charge in [-0.1, -0.05) is 22.0 Å².